The highest BCUT2D eigenvalue weighted by Gasteiger charge is 2.50. The van der Waals surface area contributed by atoms with Crippen LogP contribution in [0.5, 0.6) is 6.01 Å². The zero-order valence-electron chi connectivity index (χ0n) is 43.0. The lowest BCUT2D eigenvalue weighted by Gasteiger charge is -2.42. The lowest BCUT2D eigenvalue weighted by atomic mass is 9.95. The molecule has 0 spiro atoms. The number of halogens is 2. The van der Waals surface area contributed by atoms with Crippen molar-refractivity contribution in [3.63, 3.8) is 0 Å². The first-order valence-corrected chi connectivity index (χ1v) is 27.2. The average Bonchev–Trinajstić information content (AvgIpc) is 4.25. The van der Waals surface area contributed by atoms with E-state index in [1.165, 1.54) is 10.6 Å². The number of rotatable bonds is 12. The molecular formula is C57H61F2N11O7. The lowest BCUT2D eigenvalue weighted by molar-refractivity contribution is -0.135. The van der Waals surface area contributed by atoms with Crippen LogP contribution in [0.1, 0.15) is 81.4 Å². The van der Waals surface area contributed by atoms with Crippen molar-refractivity contribution in [2.75, 3.05) is 63.9 Å². The van der Waals surface area contributed by atoms with Crippen LogP contribution < -0.4 is 26.0 Å². The van der Waals surface area contributed by atoms with Crippen LogP contribution in [0.15, 0.2) is 59.5 Å². The van der Waals surface area contributed by atoms with Crippen molar-refractivity contribution < 1.29 is 37.4 Å². The number of carbonyl (C=O) groups excluding carboxylic acids is 3. The smallest absolute Gasteiger partial charge is 0.409 e. The molecule has 0 aliphatic carbocycles. The van der Waals surface area contributed by atoms with Crippen LogP contribution in [0.4, 0.5) is 19.4 Å². The number of piperidine rings is 2. The van der Waals surface area contributed by atoms with Crippen molar-refractivity contribution >= 4 is 56.4 Å². The fourth-order valence-corrected chi connectivity index (χ4v) is 13.6. The molecule has 2 bridgehead atoms. The molecule has 3 aromatic carbocycles. The number of piperazine rings is 1. The minimum atomic E-state index is -0.720. The molecule has 20 heteroatoms. The fourth-order valence-electron chi connectivity index (χ4n) is 13.6. The molecule has 2 N–H and O–H groups in total. The van der Waals surface area contributed by atoms with Gasteiger partial charge in [0.05, 0.1) is 52.8 Å². The molecule has 18 nitrogen and oxygen atoms in total. The Kier molecular flexibility index (Phi) is 12.7. The number of imide groups is 1. The van der Waals surface area contributed by atoms with Gasteiger partial charge in [0.15, 0.2) is 5.82 Å². The highest BCUT2D eigenvalue weighted by atomic mass is 19.1. The van der Waals surface area contributed by atoms with Gasteiger partial charge in [-0.15, -0.1) is 6.42 Å². The Balaban J connectivity index is 0.618. The Morgan fingerprint density at radius 1 is 0.909 bits per heavy atom. The van der Waals surface area contributed by atoms with E-state index < -0.39 is 23.6 Å². The van der Waals surface area contributed by atoms with Gasteiger partial charge in [-0.2, -0.15) is 9.97 Å². The van der Waals surface area contributed by atoms with Crippen LogP contribution in [0.25, 0.3) is 44.0 Å². The van der Waals surface area contributed by atoms with E-state index in [0.717, 1.165) is 82.1 Å². The molecule has 7 aliphatic heterocycles. The Morgan fingerprint density at radius 3 is 2.52 bits per heavy atom. The zero-order valence-corrected chi connectivity index (χ0v) is 43.0. The van der Waals surface area contributed by atoms with Crippen LogP contribution in [0.3, 0.4) is 0 Å². The molecule has 7 saturated heterocycles. The van der Waals surface area contributed by atoms with Crippen LogP contribution in [0.2, 0.25) is 0 Å². The summed E-state index contributed by atoms with van der Waals surface area (Å²) in [5.74, 6) is 1.03. The molecule has 400 valence electrons. The van der Waals surface area contributed by atoms with Gasteiger partial charge < -0.3 is 29.3 Å². The van der Waals surface area contributed by atoms with E-state index in [0.29, 0.717) is 72.2 Å². The van der Waals surface area contributed by atoms with Crippen LogP contribution >= 0.6 is 0 Å². The number of hydrogen-bond acceptors (Lipinski definition) is 14. The molecule has 3 unspecified atom stereocenters. The third-order valence-electron chi connectivity index (χ3n) is 17.6. The van der Waals surface area contributed by atoms with Gasteiger partial charge in [0.25, 0.3) is 0 Å². The largest absolute Gasteiger partial charge is 0.461 e. The minimum Gasteiger partial charge on any atom is -0.461 e. The molecule has 0 radical (unpaired) electrons. The Labute approximate surface area is 443 Å². The number of fused-ring (bicyclic) bond motifs is 6. The maximum absolute atomic E-state index is 17.2. The number of aryl methyl sites for hydroxylation is 1. The zero-order chi connectivity index (χ0) is 52.7. The standard InChI is InChI=1S/C57H61F2N11O7/c1-3-40-43(58)12-9-34-6-4-7-41(48(34)40)50-49(59)51-42(25-60-50)52(67-27-35-10-11-36(28-67)61-35)64-54(63-51)76-32-57-19-5-21-69(57)37(16-20-57)31-75-56(74)68-29-39(30-68)77-38-17-22-66(23-18-38)26-33-8-13-44-46(24-33)65(2)55(73)70(44)45-14-15-47(71)62-53(45)72/h1,4,6-9,12-13,24-25,35-39,45,61H,5,10-11,14-23,26-32H2,2H3,(H,62,71,72)/t35?,36?,37-,45?,57-/m0/s1. The van der Waals surface area contributed by atoms with E-state index in [2.05, 4.69) is 36.2 Å². The number of pyridine rings is 1. The number of benzene rings is 3. The Bertz CT molecular complexity index is 3460. The van der Waals surface area contributed by atoms with Gasteiger partial charge in [-0.05, 0) is 93.5 Å². The number of hydrogen-bond donors (Lipinski definition) is 2. The Morgan fingerprint density at radius 2 is 1.73 bits per heavy atom. The highest BCUT2D eigenvalue weighted by molar-refractivity contribution is 6.02. The SMILES string of the molecule is C#Cc1c(F)ccc2cccc(-c3ncc4c(N5CC6CCC(C5)N6)nc(OC[C@@]56CCCN5[C@H](COC(=O)N5CC(OC7CCN(Cc8ccc9c(c8)n(C)c(=O)n9C8CCC(=O)NC8=O)CC7)C5)CC6)nc4c3F)c12. The maximum Gasteiger partial charge on any atom is 0.409 e. The fraction of sp³-hybridized carbons (Fsp3) is 0.491. The second kappa shape index (κ2) is 19.8. The quantitative estimate of drug-likeness (QED) is 0.115. The number of ether oxygens (including phenoxy) is 3. The molecule has 7 aliphatic rings. The van der Waals surface area contributed by atoms with Crippen molar-refractivity contribution in [3.8, 4) is 29.6 Å². The number of nitrogens with zero attached hydrogens (tertiary/aromatic N) is 9. The monoisotopic (exact) mass is 1050 g/mol. The molecule has 3 aromatic heterocycles. The van der Waals surface area contributed by atoms with Gasteiger partial charge in [-0.1, -0.05) is 36.3 Å². The Hall–Kier alpha value is -7.05. The number of carbonyl (C=O) groups is 3. The van der Waals surface area contributed by atoms with Gasteiger partial charge in [0.1, 0.15) is 42.1 Å². The number of aromatic nitrogens is 5. The lowest BCUT2D eigenvalue weighted by Crippen LogP contribution is -2.57. The maximum atomic E-state index is 17.2. The molecular weight excluding hydrogens is 989 g/mol. The summed E-state index contributed by atoms with van der Waals surface area (Å²) >= 11 is 0. The number of terminal acetylenes is 1. The van der Waals surface area contributed by atoms with E-state index in [9.17, 15) is 19.2 Å². The highest BCUT2D eigenvalue weighted by Crippen LogP contribution is 2.44. The van der Waals surface area contributed by atoms with E-state index in [1.54, 1.807) is 40.9 Å². The summed E-state index contributed by atoms with van der Waals surface area (Å²) in [5.41, 5.74) is 2.37. The van der Waals surface area contributed by atoms with Crippen LogP contribution in [-0.4, -0.2) is 152 Å². The number of likely N-dealkylation sites (tertiary alicyclic amines) is 2. The van der Waals surface area contributed by atoms with E-state index >= 15 is 8.78 Å². The van der Waals surface area contributed by atoms with Gasteiger partial charge >= 0.3 is 17.8 Å². The summed E-state index contributed by atoms with van der Waals surface area (Å²) in [6.07, 6.45) is 14.9. The van der Waals surface area contributed by atoms with Crippen molar-refractivity contribution in [1.82, 2.24) is 49.4 Å². The summed E-state index contributed by atoms with van der Waals surface area (Å²) in [6.45, 7) is 6.15. The summed E-state index contributed by atoms with van der Waals surface area (Å²) in [5, 5.41) is 7.57. The third-order valence-corrected chi connectivity index (χ3v) is 17.6. The molecule has 10 heterocycles. The second-order valence-electron chi connectivity index (χ2n) is 22.2. The molecule has 6 aromatic rings. The molecule has 0 saturated carbocycles. The number of imidazole rings is 1. The predicted molar refractivity (Wildman–Crippen MR) is 282 cm³/mol. The first-order chi connectivity index (χ1) is 37.4. The van der Waals surface area contributed by atoms with Gasteiger partial charge in [-0.25, -0.2) is 18.4 Å². The normalized spacial score (nSPS) is 25.2. The van der Waals surface area contributed by atoms with E-state index in [1.807, 2.05) is 24.3 Å². The van der Waals surface area contributed by atoms with Crippen LogP contribution in [0, 0.1) is 24.0 Å². The van der Waals surface area contributed by atoms with Crippen molar-refractivity contribution in [1.29, 1.82) is 0 Å². The summed E-state index contributed by atoms with van der Waals surface area (Å²) < 4.78 is 54.3. The van der Waals surface area contributed by atoms with Gasteiger partial charge in [0, 0.05) is 81.5 Å². The van der Waals surface area contributed by atoms with E-state index in [4.69, 9.17) is 30.6 Å². The number of amides is 3. The summed E-state index contributed by atoms with van der Waals surface area (Å²) in [4.78, 5) is 74.1. The van der Waals surface area contributed by atoms with Crippen molar-refractivity contribution in [3.05, 3.63) is 88.0 Å². The summed E-state index contributed by atoms with van der Waals surface area (Å²) in [7, 11) is 1.71. The molecule has 5 atom stereocenters. The first-order valence-electron chi connectivity index (χ1n) is 27.2. The number of anilines is 1. The second-order valence-corrected chi connectivity index (χ2v) is 22.2. The first kappa shape index (κ1) is 49.5. The van der Waals surface area contributed by atoms with Crippen molar-refractivity contribution in [2.24, 2.45) is 7.05 Å². The molecule has 77 heavy (non-hydrogen) atoms. The van der Waals surface area contributed by atoms with Crippen molar-refractivity contribution in [2.45, 2.75) is 113 Å². The van der Waals surface area contributed by atoms with E-state index in [-0.39, 0.29) is 96.0 Å². The van der Waals surface area contributed by atoms with Gasteiger partial charge in [-0.3, -0.25) is 38.8 Å². The summed E-state index contributed by atoms with van der Waals surface area (Å²) in [6, 6.07) is 14.1. The van der Waals surface area contributed by atoms with Crippen LogP contribution in [-0.2, 0) is 32.7 Å². The van der Waals surface area contributed by atoms with Gasteiger partial charge in [0.2, 0.25) is 11.8 Å². The number of nitrogens with one attached hydrogen (secondary N) is 2. The molecule has 3 amide bonds. The predicted octanol–water partition coefficient (Wildman–Crippen LogP) is 5.55. The third kappa shape index (κ3) is 8.94. The minimum absolute atomic E-state index is 0.0109. The molecule has 7 fully saturated rings. The molecule has 13 rings (SSSR count). The average molecular weight is 1050 g/mol. The topological polar surface area (TPSA) is 182 Å².